The number of carbonyl (C=O) groups excluding carboxylic acids is 1. The summed E-state index contributed by atoms with van der Waals surface area (Å²) in [5.41, 5.74) is 8.74. The molecule has 0 unspecified atom stereocenters. The van der Waals surface area contributed by atoms with Crippen LogP contribution >= 0.6 is 27.7 Å². The first-order valence-corrected chi connectivity index (χ1v) is 10.9. The molecule has 3 rings (SSSR count). The lowest BCUT2D eigenvalue weighted by Gasteiger charge is -2.16. The minimum Gasteiger partial charge on any atom is -0.490 e. The Morgan fingerprint density at radius 1 is 1.14 bits per heavy atom. The molecule has 0 aliphatic carbocycles. The van der Waals surface area contributed by atoms with E-state index in [-0.39, 0.29) is 11.1 Å². The van der Waals surface area contributed by atoms with Crippen LogP contribution in [-0.4, -0.2) is 24.3 Å². The summed E-state index contributed by atoms with van der Waals surface area (Å²) in [6, 6.07) is 11.9. The Bertz CT molecular complexity index is 986. The SMILES string of the molecule is Cc1ccc(C(C)C)c(OCCOc2ccc(Br)cc2C=C2SC(N)=NC2=O)c1. The lowest BCUT2D eigenvalue weighted by molar-refractivity contribution is -0.113. The molecule has 7 heteroatoms. The number of hydrogen-bond donors (Lipinski definition) is 1. The topological polar surface area (TPSA) is 73.9 Å². The first kappa shape index (κ1) is 21.5. The summed E-state index contributed by atoms with van der Waals surface area (Å²) in [6.07, 6.45) is 1.74. The fourth-order valence-electron chi connectivity index (χ4n) is 2.88. The molecule has 29 heavy (non-hydrogen) atoms. The predicted molar refractivity (Wildman–Crippen MR) is 123 cm³/mol. The number of amides is 1. The first-order chi connectivity index (χ1) is 13.8. The van der Waals surface area contributed by atoms with Crippen LogP contribution in [0.5, 0.6) is 11.5 Å². The zero-order valence-corrected chi connectivity index (χ0v) is 19.0. The summed E-state index contributed by atoms with van der Waals surface area (Å²) in [6.45, 7) is 7.14. The number of benzene rings is 2. The molecule has 152 valence electrons. The standard InChI is InChI=1S/C22H23BrN2O3S/c1-13(2)17-6-4-14(3)10-19(17)28-9-8-27-18-7-5-16(23)11-15(18)12-20-21(26)25-22(24)29-20/h4-7,10-13H,8-9H2,1-3H3,(H2,24,25,26). The molecule has 0 radical (unpaired) electrons. The largest absolute Gasteiger partial charge is 0.490 e. The van der Waals surface area contributed by atoms with E-state index < -0.39 is 0 Å². The highest BCUT2D eigenvalue weighted by atomic mass is 79.9. The first-order valence-electron chi connectivity index (χ1n) is 9.27. The van der Waals surface area contributed by atoms with Gasteiger partial charge in [-0.1, -0.05) is 41.9 Å². The molecule has 1 amide bonds. The van der Waals surface area contributed by atoms with Gasteiger partial charge in [0.2, 0.25) is 0 Å². The Kier molecular flexibility index (Phi) is 7.03. The van der Waals surface area contributed by atoms with Crippen molar-refractivity contribution in [2.45, 2.75) is 26.7 Å². The number of thioether (sulfide) groups is 1. The number of amidine groups is 1. The van der Waals surface area contributed by atoms with Crippen molar-refractivity contribution in [1.82, 2.24) is 0 Å². The van der Waals surface area contributed by atoms with E-state index >= 15 is 0 Å². The number of rotatable bonds is 7. The van der Waals surface area contributed by atoms with Crippen molar-refractivity contribution in [3.05, 3.63) is 62.5 Å². The van der Waals surface area contributed by atoms with Gasteiger partial charge in [0.15, 0.2) is 5.17 Å². The molecule has 0 saturated heterocycles. The van der Waals surface area contributed by atoms with Crippen molar-refractivity contribution in [2.24, 2.45) is 10.7 Å². The minimum absolute atomic E-state index is 0.256. The summed E-state index contributed by atoms with van der Waals surface area (Å²) < 4.78 is 12.8. The van der Waals surface area contributed by atoms with Gasteiger partial charge in [0.25, 0.3) is 5.91 Å². The van der Waals surface area contributed by atoms with Gasteiger partial charge in [0.1, 0.15) is 24.7 Å². The van der Waals surface area contributed by atoms with Crippen LogP contribution in [0.25, 0.3) is 6.08 Å². The number of hydrogen-bond acceptors (Lipinski definition) is 5. The molecule has 1 heterocycles. The van der Waals surface area contributed by atoms with Crippen molar-refractivity contribution in [2.75, 3.05) is 13.2 Å². The molecular weight excluding hydrogens is 452 g/mol. The van der Waals surface area contributed by atoms with E-state index in [1.165, 1.54) is 5.56 Å². The molecule has 2 aromatic carbocycles. The van der Waals surface area contributed by atoms with Crippen LogP contribution in [-0.2, 0) is 4.79 Å². The molecule has 0 spiro atoms. The van der Waals surface area contributed by atoms with E-state index in [4.69, 9.17) is 15.2 Å². The average Bonchev–Trinajstić information content (AvgIpc) is 2.97. The normalized spacial score (nSPS) is 15.1. The van der Waals surface area contributed by atoms with Gasteiger partial charge in [-0.2, -0.15) is 4.99 Å². The Labute approximate surface area is 183 Å². The van der Waals surface area contributed by atoms with E-state index in [2.05, 4.69) is 53.0 Å². The number of aryl methyl sites for hydroxylation is 1. The smallest absolute Gasteiger partial charge is 0.286 e. The van der Waals surface area contributed by atoms with Crippen molar-refractivity contribution < 1.29 is 14.3 Å². The molecular formula is C22H23BrN2O3S. The second-order valence-electron chi connectivity index (χ2n) is 6.94. The monoisotopic (exact) mass is 474 g/mol. The Morgan fingerprint density at radius 2 is 1.86 bits per heavy atom. The Hall–Kier alpha value is -2.25. The number of carbonyl (C=O) groups is 1. The molecule has 1 aliphatic heterocycles. The second kappa shape index (κ2) is 9.50. The van der Waals surface area contributed by atoms with E-state index in [0.29, 0.717) is 29.8 Å². The number of ether oxygens (including phenoxy) is 2. The lowest BCUT2D eigenvalue weighted by Crippen LogP contribution is -2.11. The Balaban J connectivity index is 1.67. The molecule has 0 aromatic heterocycles. The molecule has 5 nitrogen and oxygen atoms in total. The van der Waals surface area contributed by atoms with E-state index in [9.17, 15) is 4.79 Å². The highest BCUT2D eigenvalue weighted by molar-refractivity contribution is 9.10. The molecule has 0 fully saturated rings. The van der Waals surface area contributed by atoms with Crippen LogP contribution in [0.3, 0.4) is 0 Å². The second-order valence-corrected chi connectivity index (χ2v) is 8.92. The third-order valence-electron chi connectivity index (χ3n) is 4.29. The highest BCUT2D eigenvalue weighted by Crippen LogP contribution is 2.31. The number of nitrogens with zero attached hydrogens (tertiary/aromatic N) is 1. The number of halogens is 1. The summed E-state index contributed by atoms with van der Waals surface area (Å²) in [7, 11) is 0. The predicted octanol–water partition coefficient (Wildman–Crippen LogP) is 5.27. The molecule has 0 atom stereocenters. The van der Waals surface area contributed by atoms with Crippen molar-refractivity contribution >= 4 is 44.8 Å². The molecule has 2 aromatic rings. The molecule has 1 aliphatic rings. The Morgan fingerprint density at radius 3 is 2.52 bits per heavy atom. The van der Waals surface area contributed by atoms with Gasteiger partial charge >= 0.3 is 0 Å². The van der Waals surface area contributed by atoms with E-state index in [1.807, 2.05) is 25.1 Å². The zero-order chi connectivity index (χ0) is 21.0. The summed E-state index contributed by atoms with van der Waals surface area (Å²) in [5.74, 6) is 1.61. The third-order valence-corrected chi connectivity index (χ3v) is 5.59. The van der Waals surface area contributed by atoms with Gasteiger partial charge in [-0.05, 0) is 66.1 Å². The fraction of sp³-hybridized carbons (Fsp3) is 0.273. The van der Waals surface area contributed by atoms with Gasteiger partial charge in [-0.15, -0.1) is 0 Å². The van der Waals surface area contributed by atoms with Gasteiger partial charge < -0.3 is 15.2 Å². The van der Waals surface area contributed by atoms with Crippen LogP contribution in [0, 0.1) is 6.92 Å². The summed E-state index contributed by atoms with van der Waals surface area (Å²) in [4.78, 5) is 16.1. The highest BCUT2D eigenvalue weighted by Gasteiger charge is 2.20. The number of aliphatic imine (C=N–C) groups is 1. The van der Waals surface area contributed by atoms with Crippen LogP contribution in [0.2, 0.25) is 0 Å². The third kappa shape index (κ3) is 5.64. The maximum atomic E-state index is 11.9. The fourth-order valence-corrected chi connectivity index (χ4v) is 3.93. The lowest BCUT2D eigenvalue weighted by atomic mass is 10.0. The number of nitrogens with two attached hydrogens (primary N) is 1. The maximum Gasteiger partial charge on any atom is 0.286 e. The van der Waals surface area contributed by atoms with Crippen molar-refractivity contribution in [3.63, 3.8) is 0 Å². The molecule has 0 bridgehead atoms. The van der Waals surface area contributed by atoms with Crippen LogP contribution in [0.1, 0.15) is 36.5 Å². The van der Waals surface area contributed by atoms with E-state index in [0.717, 1.165) is 33.1 Å². The summed E-state index contributed by atoms with van der Waals surface area (Å²) >= 11 is 4.62. The molecule has 0 saturated carbocycles. The van der Waals surface area contributed by atoms with E-state index in [1.54, 1.807) is 6.08 Å². The minimum atomic E-state index is -0.331. The van der Waals surface area contributed by atoms with Crippen LogP contribution in [0.15, 0.2) is 50.8 Å². The van der Waals surface area contributed by atoms with Crippen LogP contribution < -0.4 is 15.2 Å². The average molecular weight is 475 g/mol. The van der Waals surface area contributed by atoms with Crippen molar-refractivity contribution in [1.29, 1.82) is 0 Å². The maximum absolute atomic E-state index is 11.9. The van der Waals surface area contributed by atoms with Crippen molar-refractivity contribution in [3.8, 4) is 11.5 Å². The van der Waals surface area contributed by atoms with Gasteiger partial charge in [0, 0.05) is 10.0 Å². The van der Waals surface area contributed by atoms with Gasteiger partial charge in [-0.25, -0.2) is 0 Å². The molecule has 2 N–H and O–H groups in total. The van der Waals surface area contributed by atoms with Crippen LogP contribution in [0.4, 0.5) is 0 Å². The zero-order valence-electron chi connectivity index (χ0n) is 16.6. The quantitative estimate of drug-likeness (QED) is 0.437. The summed E-state index contributed by atoms with van der Waals surface area (Å²) in [5, 5.41) is 0.256. The van der Waals surface area contributed by atoms with Gasteiger partial charge in [0.05, 0.1) is 4.91 Å². The van der Waals surface area contributed by atoms with Gasteiger partial charge in [-0.3, -0.25) is 4.79 Å².